The molecular weight excluding hydrogens is 491 g/mol. The molecule has 0 rings (SSSR count). The van der Waals surface area contributed by atoms with E-state index < -0.39 is 0 Å². The van der Waals surface area contributed by atoms with E-state index in [1.54, 1.807) is 23.5 Å². The van der Waals surface area contributed by atoms with Crippen LogP contribution in [-0.4, -0.2) is 74.2 Å². The van der Waals surface area contributed by atoms with Gasteiger partial charge in [-0.15, -0.1) is 48.8 Å². The molecule has 0 amide bonds. The summed E-state index contributed by atoms with van der Waals surface area (Å²) in [6.07, 6.45) is 4.37. The smallest absolute Gasteiger partial charge is 0.258 e. The number of aliphatic imine (C=N–C) groups is 2. The second-order valence-electron chi connectivity index (χ2n) is 4.08. The molecule has 29 heavy (non-hydrogen) atoms. The van der Waals surface area contributed by atoms with Gasteiger partial charge in [0, 0.05) is 22.6 Å². The van der Waals surface area contributed by atoms with Gasteiger partial charge >= 0.3 is 0 Å². The number of hydrogen-bond donors (Lipinski definition) is 3. The maximum Gasteiger partial charge on any atom is 0.258 e. The minimum atomic E-state index is 0.204. The Morgan fingerprint density at radius 3 is 1.86 bits per heavy atom. The number of hydrazone groups is 1. The molecule has 0 aromatic rings. The zero-order valence-electron chi connectivity index (χ0n) is 16.4. The molecule has 0 aliphatic heterocycles. The highest BCUT2D eigenvalue weighted by molar-refractivity contribution is 8.17. The largest absolute Gasteiger partial charge is 0.369 e. The van der Waals surface area contributed by atoms with Crippen LogP contribution < -0.4 is 5.32 Å². The zero-order chi connectivity index (χ0) is 22.9. The van der Waals surface area contributed by atoms with E-state index in [9.17, 15) is 14.4 Å². The molecule has 0 unspecified atom stereocenters. The summed E-state index contributed by atoms with van der Waals surface area (Å²) < 4.78 is 1.01. The second-order valence-corrected chi connectivity index (χ2v) is 9.55. The van der Waals surface area contributed by atoms with Crippen LogP contribution in [0, 0.1) is 0 Å². The molecule has 0 saturated carbocycles. The van der Waals surface area contributed by atoms with Gasteiger partial charge in [-0.2, -0.15) is 0 Å². The Morgan fingerprint density at radius 1 is 1.03 bits per heavy atom. The predicted octanol–water partition coefficient (Wildman–Crippen LogP) is 3.05. The molecule has 1 N–H and O–H groups in total. The summed E-state index contributed by atoms with van der Waals surface area (Å²) in [6.45, 7) is 7.98. The third kappa shape index (κ3) is 29.6. The minimum Gasteiger partial charge on any atom is -0.369 e. The molecule has 0 heterocycles. The van der Waals surface area contributed by atoms with Crippen molar-refractivity contribution in [1.82, 2.24) is 10.3 Å². The Morgan fingerprint density at radius 2 is 1.52 bits per heavy atom. The number of thiocarbonyl (C=S) groups is 2. The Labute approximate surface area is 202 Å². The molecule has 0 aliphatic rings. The van der Waals surface area contributed by atoms with E-state index in [1.165, 1.54) is 23.2 Å². The zero-order valence-corrected chi connectivity index (χ0v) is 21.4. The molecule has 14 heteroatoms. The lowest BCUT2D eigenvalue weighted by atomic mass is 10.6. The summed E-state index contributed by atoms with van der Waals surface area (Å²) in [5.74, 6) is 1.64. The van der Waals surface area contributed by atoms with E-state index in [0.29, 0.717) is 35.1 Å². The summed E-state index contributed by atoms with van der Waals surface area (Å²) in [4.78, 5) is 36.3. The number of hydrogen-bond acceptors (Lipinski definition) is 10. The normalized spacial score (nSPS) is 9.41. The molecule has 0 saturated heterocycles. The molecular formula is C15H25N5O3S6. The van der Waals surface area contributed by atoms with Gasteiger partial charge in [0.1, 0.15) is 4.32 Å². The number of nitrogens with one attached hydrogen (secondary N) is 1. The Bertz CT molecular complexity index is 565. The van der Waals surface area contributed by atoms with Gasteiger partial charge in [-0.1, -0.05) is 43.4 Å². The number of isocyanates is 3. The third-order valence-corrected chi connectivity index (χ3v) is 5.56. The summed E-state index contributed by atoms with van der Waals surface area (Å²) in [5, 5.41) is 7.31. The predicted molar refractivity (Wildman–Crippen MR) is 138 cm³/mol. The first-order valence-electron chi connectivity index (χ1n) is 8.24. The van der Waals surface area contributed by atoms with E-state index >= 15 is 0 Å². The molecule has 8 nitrogen and oxygen atoms in total. The van der Waals surface area contributed by atoms with Crippen LogP contribution in [0.1, 0.15) is 20.8 Å². The summed E-state index contributed by atoms with van der Waals surface area (Å²) in [5.41, 5.74) is 0. The van der Waals surface area contributed by atoms with E-state index in [4.69, 9.17) is 12.2 Å². The van der Waals surface area contributed by atoms with Crippen molar-refractivity contribution in [2.45, 2.75) is 25.4 Å². The SMILES string of the molecule is CC.CC(SCCN=C=O)SCCN=C=O.O=C=NN(CCNC(=S)S)C(=S)S. The van der Waals surface area contributed by atoms with E-state index in [0.717, 1.165) is 11.5 Å². The minimum absolute atomic E-state index is 0.204. The highest BCUT2D eigenvalue weighted by Gasteiger charge is 2.03. The van der Waals surface area contributed by atoms with E-state index in [1.807, 2.05) is 13.8 Å². The van der Waals surface area contributed by atoms with Crippen molar-refractivity contribution in [2.75, 3.05) is 37.7 Å². The van der Waals surface area contributed by atoms with Crippen molar-refractivity contribution in [3.63, 3.8) is 0 Å². The highest BCUT2D eigenvalue weighted by Crippen LogP contribution is 2.22. The molecule has 0 aromatic carbocycles. The van der Waals surface area contributed by atoms with Crippen LogP contribution >= 0.6 is 73.2 Å². The van der Waals surface area contributed by atoms with E-state index in [2.05, 4.69) is 64.8 Å². The van der Waals surface area contributed by atoms with Gasteiger partial charge < -0.3 is 5.32 Å². The van der Waals surface area contributed by atoms with Crippen LogP contribution in [0.15, 0.2) is 15.1 Å². The molecule has 0 spiro atoms. The first kappa shape index (κ1) is 33.0. The lowest BCUT2D eigenvalue weighted by Crippen LogP contribution is -2.31. The quantitative estimate of drug-likeness (QED) is 0.0688. The average molecular weight is 516 g/mol. The van der Waals surface area contributed by atoms with Crippen molar-refractivity contribution in [3.05, 3.63) is 0 Å². The first-order chi connectivity index (χ1) is 13.9. The fourth-order valence-corrected chi connectivity index (χ4v) is 3.68. The Kier molecular flexibility index (Phi) is 31.1. The second kappa shape index (κ2) is 27.3. The van der Waals surface area contributed by atoms with Gasteiger partial charge in [0.2, 0.25) is 12.2 Å². The lowest BCUT2D eigenvalue weighted by molar-refractivity contribution is 0.452. The molecule has 0 aromatic heterocycles. The standard InChI is InChI=1S/C8H12N2O2S2.C5H7N3OS4.C2H6/c1-8(13-4-2-9-6-11)14-5-3-10-7-12;9-3-7-8(5(12)13)2-1-6-4(10)11;1-2/h8H,2-5H2,1H3;1-2H2,(H,12,13)(H2,6,10,11);1-2H3. The maximum absolute atomic E-state index is 9.93. The summed E-state index contributed by atoms with van der Waals surface area (Å²) in [6, 6.07) is 0. The van der Waals surface area contributed by atoms with Crippen LogP contribution in [0.4, 0.5) is 0 Å². The Balaban J connectivity index is -0.000000430. The highest BCUT2D eigenvalue weighted by atomic mass is 32.2. The van der Waals surface area contributed by atoms with Gasteiger partial charge in [0.25, 0.3) is 6.08 Å². The number of thioether (sulfide) groups is 2. The lowest BCUT2D eigenvalue weighted by Gasteiger charge is -2.14. The summed E-state index contributed by atoms with van der Waals surface area (Å²) in [7, 11) is 0. The summed E-state index contributed by atoms with van der Waals surface area (Å²) >= 11 is 20.5. The van der Waals surface area contributed by atoms with Crippen molar-refractivity contribution >= 4 is 100 Å². The molecule has 0 aliphatic carbocycles. The average Bonchev–Trinajstić information content (AvgIpc) is 2.69. The van der Waals surface area contributed by atoms with Crippen molar-refractivity contribution < 1.29 is 14.4 Å². The maximum atomic E-state index is 9.93. The van der Waals surface area contributed by atoms with Crippen LogP contribution in [-0.2, 0) is 14.4 Å². The first-order valence-corrected chi connectivity index (χ1v) is 12.0. The molecule has 0 radical (unpaired) electrons. The Hall–Kier alpha value is -0.680. The number of rotatable bonds is 12. The fourth-order valence-electron chi connectivity index (χ4n) is 1.17. The monoisotopic (exact) mass is 515 g/mol. The fraction of sp³-hybridized carbons (Fsp3) is 0.667. The van der Waals surface area contributed by atoms with Crippen LogP contribution in [0.25, 0.3) is 0 Å². The number of carbonyl (C=O) groups excluding carboxylic acids is 3. The van der Waals surface area contributed by atoms with Crippen LogP contribution in [0.2, 0.25) is 0 Å². The van der Waals surface area contributed by atoms with E-state index in [-0.39, 0.29) is 4.32 Å². The van der Waals surface area contributed by atoms with Crippen molar-refractivity contribution in [1.29, 1.82) is 0 Å². The van der Waals surface area contributed by atoms with Crippen LogP contribution in [0.3, 0.4) is 0 Å². The van der Waals surface area contributed by atoms with Gasteiger partial charge in [-0.05, 0) is 6.92 Å². The van der Waals surface area contributed by atoms with Crippen molar-refractivity contribution in [2.24, 2.45) is 15.1 Å². The molecule has 0 atom stereocenters. The third-order valence-electron chi connectivity index (χ3n) is 2.22. The van der Waals surface area contributed by atoms with Gasteiger partial charge in [-0.25, -0.2) is 29.4 Å². The van der Waals surface area contributed by atoms with Gasteiger partial charge in [0.15, 0.2) is 4.32 Å². The van der Waals surface area contributed by atoms with Gasteiger partial charge in [-0.3, -0.25) is 0 Å². The van der Waals surface area contributed by atoms with Gasteiger partial charge in [0.05, 0.1) is 19.6 Å². The molecule has 0 bridgehead atoms. The number of thiol groups is 2. The number of nitrogens with zero attached hydrogens (tertiary/aromatic N) is 4. The van der Waals surface area contributed by atoms with Crippen molar-refractivity contribution in [3.8, 4) is 0 Å². The van der Waals surface area contributed by atoms with Crippen LogP contribution in [0.5, 0.6) is 0 Å². The molecule has 164 valence electrons. The topological polar surface area (TPSA) is 104 Å². The molecule has 0 fully saturated rings.